The van der Waals surface area contributed by atoms with E-state index in [9.17, 15) is 9.59 Å². The van der Waals surface area contributed by atoms with Crippen molar-refractivity contribution in [2.75, 3.05) is 18.0 Å². The monoisotopic (exact) mass is 356 g/mol. The van der Waals surface area contributed by atoms with Gasteiger partial charge >= 0.3 is 6.09 Å². The predicted molar refractivity (Wildman–Crippen MR) is 93.4 cm³/mol. The van der Waals surface area contributed by atoms with Gasteiger partial charge in [0, 0.05) is 13.0 Å². The van der Waals surface area contributed by atoms with Crippen LogP contribution >= 0.6 is 11.6 Å². The van der Waals surface area contributed by atoms with Crippen LogP contribution in [0.15, 0.2) is 11.0 Å². The highest BCUT2D eigenvalue weighted by atomic mass is 35.5. The minimum Gasteiger partial charge on any atom is -0.444 e. The molecule has 1 amide bonds. The first kappa shape index (κ1) is 18.6. The molecule has 7 nitrogen and oxygen atoms in total. The Morgan fingerprint density at radius 3 is 2.67 bits per heavy atom. The molecule has 0 bridgehead atoms. The number of amides is 1. The van der Waals surface area contributed by atoms with E-state index in [2.05, 4.69) is 17.1 Å². The fourth-order valence-corrected chi connectivity index (χ4v) is 3.32. The molecule has 1 aromatic rings. The van der Waals surface area contributed by atoms with Gasteiger partial charge < -0.3 is 15.4 Å². The third-order valence-electron chi connectivity index (χ3n) is 4.44. The summed E-state index contributed by atoms with van der Waals surface area (Å²) < 4.78 is 4.88. The number of primary amides is 1. The minimum absolute atomic E-state index is 0.0831. The first-order chi connectivity index (χ1) is 11.5. The van der Waals surface area contributed by atoms with Crippen LogP contribution < -0.4 is 16.2 Å². The molecule has 1 saturated carbocycles. The summed E-state index contributed by atoms with van der Waals surface area (Å²) in [5.41, 5.74) is 5.03. The zero-order valence-corrected chi connectivity index (χ0v) is 14.7. The highest BCUT2D eigenvalue weighted by Gasteiger charge is 2.27. The third-order valence-corrected chi connectivity index (χ3v) is 4.80. The van der Waals surface area contributed by atoms with Gasteiger partial charge in [-0.1, -0.05) is 50.6 Å². The van der Waals surface area contributed by atoms with Gasteiger partial charge in [0.25, 0.3) is 5.56 Å². The second-order valence-electron chi connectivity index (χ2n) is 6.44. The van der Waals surface area contributed by atoms with E-state index in [0.717, 1.165) is 5.92 Å². The lowest BCUT2D eigenvalue weighted by molar-refractivity contribution is 0.117. The molecule has 3 rings (SSSR count). The van der Waals surface area contributed by atoms with Gasteiger partial charge in [0.2, 0.25) is 0 Å². The van der Waals surface area contributed by atoms with Crippen molar-refractivity contribution in [3.05, 3.63) is 21.6 Å². The summed E-state index contributed by atoms with van der Waals surface area (Å²) in [7, 11) is 0. The van der Waals surface area contributed by atoms with Crippen LogP contribution in [0.3, 0.4) is 0 Å². The Labute approximate surface area is 146 Å². The molecule has 1 aromatic heterocycles. The van der Waals surface area contributed by atoms with Crippen molar-refractivity contribution in [1.82, 2.24) is 10.2 Å². The van der Waals surface area contributed by atoms with Crippen LogP contribution in [-0.4, -0.2) is 35.5 Å². The Morgan fingerprint density at radius 1 is 1.38 bits per heavy atom. The predicted octanol–water partition coefficient (Wildman–Crippen LogP) is 2.68. The van der Waals surface area contributed by atoms with Crippen LogP contribution in [0.5, 0.6) is 0 Å². The van der Waals surface area contributed by atoms with E-state index in [1.807, 2.05) is 4.90 Å². The van der Waals surface area contributed by atoms with Gasteiger partial charge in [-0.05, 0) is 5.92 Å². The van der Waals surface area contributed by atoms with Crippen LogP contribution in [0.4, 0.5) is 10.5 Å². The first-order valence-corrected chi connectivity index (χ1v) is 8.79. The number of carbonyl (C=O) groups excluding carboxylic acids is 1. The molecule has 1 aliphatic heterocycles. The third kappa shape index (κ3) is 5.40. The van der Waals surface area contributed by atoms with Gasteiger partial charge in [-0.25, -0.2) is 9.89 Å². The number of rotatable bonds is 2. The Morgan fingerprint density at radius 2 is 2.08 bits per heavy atom. The van der Waals surface area contributed by atoms with Crippen LogP contribution in [0.1, 0.15) is 45.4 Å². The molecule has 0 spiro atoms. The molecule has 2 heterocycles. The summed E-state index contributed by atoms with van der Waals surface area (Å²) in [5.74, 6) is 1.04. The van der Waals surface area contributed by atoms with E-state index >= 15 is 0 Å². The quantitative estimate of drug-likeness (QED) is 0.848. The van der Waals surface area contributed by atoms with Crippen molar-refractivity contribution < 1.29 is 9.53 Å². The second-order valence-corrected chi connectivity index (χ2v) is 6.81. The lowest BCUT2D eigenvalue weighted by Gasteiger charge is -2.18. The number of nitrogens with two attached hydrogens (primary N) is 1. The maximum atomic E-state index is 11.3. The summed E-state index contributed by atoms with van der Waals surface area (Å²) >= 11 is 5.87. The van der Waals surface area contributed by atoms with Gasteiger partial charge in [-0.15, -0.1) is 0 Å². The fraction of sp³-hybridized carbons (Fsp3) is 0.688. The first-order valence-electron chi connectivity index (χ1n) is 8.41. The molecule has 24 heavy (non-hydrogen) atoms. The Hall–Kier alpha value is -1.76. The highest BCUT2D eigenvalue weighted by molar-refractivity contribution is 6.33. The average Bonchev–Trinajstić information content (AvgIpc) is 2.99. The van der Waals surface area contributed by atoms with E-state index in [4.69, 9.17) is 22.1 Å². The van der Waals surface area contributed by atoms with Gasteiger partial charge in [0.1, 0.15) is 11.1 Å². The number of halogens is 1. The van der Waals surface area contributed by atoms with E-state index < -0.39 is 11.7 Å². The number of aromatic amines is 1. The number of H-pyrrole nitrogens is 1. The summed E-state index contributed by atoms with van der Waals surface area (Å²) in [6, 6.07) is 0. The zero-order chi connectivity index (χ0) is 17.5. The number of aromatic nitrogens is 2. The summed E-state index contributed by atoms with van der Waals surface area (Å²) in [6.45, 7) is 3.44. The molecule has 0 unspecified atom stereocenters. The molecule has 134 valence electrons. The lowest BCUT2D eigenvalue weighted by atomic mass is 9.91. The van der Waals surface area contributed by atoms with E-state index in [-0.39, 0.29) is 11.1 Å². The van der Waals surface area contributed by atoms with Gasteiger partial charge in [0.05, 0.1) is 18.4 Å². The van der Waals surface area contributed by atoms with Crippen LogP contribution in [-0.2, 0) is 4.74 Å². The molecule has 0 radical (unpaired) electrons. The highest BCUT2D eigenvalue weighted by Crippen LogP contribution is 2.25. The molecule has 1 aliphatic carbocycles. The molecule has 2 fully saturated rings. The molecular formula is C16H25ClN4O3. The molecule has 8 heteroatoms. The van der Waals surface area contributed by atoms with E-state index in [1.165, 1.54) is 38.3 Å². The topological polar surface area (TPSA) is 101 Å². The summed E-state index contributed by atoms with van der Waals surface area (Å²) in [6.07, 6.45) is 8.48. The largest absolute Gasteiger partial charge is 0.444 e. The maximum absolute atomic E-state index is 11.3. The number of carbonyl (C=O) groups is 1. The van der Waals surface area contributed by atoms with Crippen LogP contribution in [0.2, 0.25) is 5.02 Å². The summed E-state index contributed by atoms with van der Waals surface area (Å²) in [5, 5.41) is 6.00. The second kappa shape index (κ2) is 8.92. The molecule has 1 atom stereocenters. The number of ether oxygens (including phenoxy) is 1. The van der Waals surface area contributed by atoms with E-state index in [1.54, 1.807) is 0 Å². The van der Waals surface area contributed by atoms with Crippen LogP contribution in [0.25, 0.3) is 0 Å². The minimum atomic E-state index is -0.799. The standard InChI is InChI=1S/C9H11ClN4O3.C7H14/c10-7-6(3-12-13-8(7)15)14-2-1-5(4-14)17-9(11)16;1-7-5-3-2-4-6-7/h3,5H,1-2,4H2,(H2,11,16)(H,13,15);7H,2-6H2,1H3/t5-;/m1./s1. The van der Waals surface area contributed by atoms with Crippen molar-refractivity contribution in [2.45, 2.75) is 51.6 Å². The van der Waals surface area contributed by atoms with Crippen molar-refractivity contribution >= 4 is 23.4 Å². The van der Waals surface area contributed by atoms with Crippen molar-refractivity contribution in [3.63, 3.8) is 0 Å². The number of nitrogens with one attached hydrogen (secondary N) is 1. The fourth-order valence-electron chi connectivity index (χ4n) is 3.11. The van der Waals surface area contributed by atoms with Crippen molar-refractivity contribution in [2.24, 2.45) is 11.7 Å². The normalized spacial score (nSPS) is 21.1. The SMILES string of the molecule is CC1CCCCC1.NC(=O)O[C@@H]1CCN(c2cn[nH]c(=O)c2Cl)C1. The molecule has 0 aromatic carbocycles. The molecule has 2 aliphatic rings. The molecule has 3 N–H and O–H groups in total. The molecule has 1 saturated heterocycles. The number of nitrogens with zero attached hydrogens (tertiary/aromatic N) is 2. The maximum Gasteiger partial charge on any atom is 0.404 e. The molecular weight excluding hydrogens is 332 g/mol. The lowest BCUT2D eigenvalue weighted by Crippen LogP contribution is -2.28. The average molecular weight is 357 g/mol. The van der Waals surface area contributed by atoms with Gasteiger partial charge in [0.15, 0.2) is 0 Å². The number of hydrogen-bond donors (Lipinski definition) is 2. The number of anilines is 1. The Balaban J connectivity index is 0.000000249. The Kier molecular flexibility index (Phi) is 6.90. The van der Waals surface area contributed by atoms with Gasteiger partial charge in [-0.2, -0.15) is 5.10 Å². The number of hydrogen-bond acceptors (Lipinski definition) is 5. The van der Waals surface area contributed by atoms with Crippen LogP contribution in [0, 0.1) is 5.92 Å². The zero-order valence-electron chi connectivity index (χ0n) is 14.0. The van der Waals surface area contributed by atoms with Crippen molar-refractivity contribution in [3.8, 4) is 0 Å². The summed E-state index contributed by atoms with van der Waals surface area (Å²) in [4.78, 5) is 23.7. The van der Waals surface area contributed by atoms with Crippen molar-refractivity contribution in [1.29, 1.82) is 0 Å². The van der Waals surface area contributed by atoms with E-state index in [0.29, 0.717) is 25.2 Å². The van der Waals surface area contributed by atoms with Gasteiger partial charge in [-0.3, -0.25) is 4.79 Å². The Bertz CT molecular complexity index is 601. The smallest absolute Gasteiger partial charge is 0.404 e.